The van der Waals surface area contributed by atoms with E-state index in [4.69, 9.17) is 19.3 Å². The van der Waals surface area contributed by atoms with Gasteiger partial charge in [0.25, 0.3) is 0 Å². The Bertz CT molecular complexity index is 191. The third kappa shape index (κ3) is 7.62. The maximum atomic E-state index is 10.7. The summed E-state index contributed by atoms with van der Waals surface area (Å²) in [6, 6.07) is 0. The van der Waals surface area contributed by atoms with Crippen LogP contribution in [0.15, 0.2) is 0 Å². The summed E-state index contributed by atoms with van der Waals surface area (Å²) in [5.41, 5.74) is -0.837. The van der Waals surface area contributed by atoms with Crippen LogP contribution in [0.3, 0.4) is 0 Å². The van der Waals surface area contributed by atoms with Gasteiger partial charge in [0.2, 0.25) is 0 Å². The zero-order chi connectivity index (χ0) is 12.4. The molecule has 0 aliphatic heterocycles. The highest BCUT2D eigenvalue weighted by molar-refractivity contribution is 5.73. The van der Waals surface area contributed by atoms with Crippen molar-refractivity contribution >= 4 is 5.97 Å². The van der Waals surface area contributed by atoms with E-state index in [0.29, 0.717) is 26.4 Å². The maximum absolute atomic E-state index is 10.7. The molecule has 0 aliphatic rings. The zero-order valence-electron chi connectivity index (χ0n) is 10.3. The van der Waals surface area contributed by atoms with Gasteiger partial charge in [-0.1, -0.05) is 0 Å². The average Bonchev–Trinajstić information content (AvgIpc) is 2.21. The Hall–Kier alpha value is -0.650. The number of carbonyl (C=O) groups is 1. The zero-order valence-corrected chi connectivity index (χ0v) is 10.3. The SMILES string of the molecule is COCCCOCCOCC(C)(C)C(=O)O. The fourth-order valence-corrected chi connectivity index (χ4v) is 0.914. The molecule has 0 radical (unpaired) electrons. The highest BCUT2D eigenvalue weighted by Gasteiger charge is 2.27. The fourth-order valence-electron chi connectivity index (χ4n) is 0.914. The molecule has 0 spiro atoms. The van der Waals surface area contributed by atoms with Crippen LogP contribution in [0.2, 0.25) is 0 Å². The lowest BCUT2D eigenvalue weighted by molar-refractivity contribution is -0.150. The Labute approximate surface area is 96.7 Å². The molecular weight excluding hydrogens is 212 g/mol. The van der Waals surface area contributed by atoms with E-state index in [1.54, 1.807) is 21.0 Å². The van der Waals surface area contributed by atoms with Gasteiger partial charge < -0.3 is 19.3 Å². The van der Waals surface area contributed by atoms with Crippen molar-refractivity contribution in [2.45, 2.75) is 20.3 Å². The van der Waals surface area contributed by atoms with E-state index >= 15 is 0 Å². The molecule has 1 N–H and O–H groups in total. The molecule has 0 atom stereocenters. The number of hydrogen-bond donors (Lipinski definition) is 1. The molecule has 0 heterocycles. The molecule has 0 fully saturated rings. The molecule has 5 nitrogen and oxygen atoms in total. The molecular formula is C11H22O5. The van der Waals surface area contributed by atoms with Crippen LogP contribution in [0.1, 0.15) is 20.3 Å². The molecule has 16 heavy (non-hydrogen) atoms. The predicted molar refractivity (Wildman–Crippen MR) is 59.5 cm³/mol. The third-order valence-corrected chi connectivity index (χ3v) is 2.05. The van der Waals surface area contributed by atoms with Crippen LogP contribution in [0.4, 0.5) is 0 Å². The lowest BCUT2D eigenvalue weighted by atomic mass is 9.95. The standard InChI is InChI=1S/C11H22O5/c1-11(2,10(12)13)9-16-8-7-15-6-4-5-14-3/h4-9H2,1-3H3,(H,12,13). The molecule has 0 amide bonds. The van der Waals surface area contributed by atoms with Crippen molar-refractivity contribution < 1.29 is 24.1 Å². The number of hydrogen-bond acceptors (Lipinski definition) is 4. The molecule has 0 saturated heterocycles. The molecule has 0 aromatic rings. The van der Waals surface area contributed by atoms with Gasteiger partial charge >= 0.3 is 5.97 Å². The Kier molecular flexibility index (Phi) is 8.15. The smallest absolute Gasteiger partial charge is 0.311 e. The molecule has 0 saturated carbocycles. The first-order valence-electron chi connectivity index (χ1n) is 5.38. The number of carboxylic acids is 1. The summed E-state index contributed by atoms with van der Waals surface area (Å²) in [5.74, 6) is -0.853. The molecule has 0 bridgehead atoms. The van der Waals surface area contributed by atoms with Crippen LogP contribution in [0.5, 0.6) is 0 Å². The van der Waals surface area contributed by atoms with Gasteiger partial charge in [-0.25, -0.2) is 0 Å². The quantitative estimate of drug-likeness (QED) is 0.575. The first-order valence-corrected chi connectivity index (χ1v) is 5.38. The van der Waals surface area contributed by atoms with Crippen molar-refractivity contribution in [3.05, 3.63) is 0 Å². The van der Waals surface area contributed by atoms with Crippen molar-refractivity contribution in [2.24, 2.45) is 5.41 Å². The Morgan fingerprint density at radius 1 is 1.12 bits per heavy atom. The number of aliphatic carboxylic acids is 1. The summed E-state index contributed by atoms with van der Waals surface area (Å²) in [6.45, 7) is 5.70. The summed E-state index contributed by atoms with van der Waals surface area (Å²) in [4.78, 5) is 10.7. The Morgan fingerprint density at radius 2 is 1.75 bits per heavy atom. The van der Waals surface area contributed by atoms with Crippen LogP contribution in [-0.2, 0) is 19.0 Å². The van der Waals surface area contributed by atoms with Gasteiger partial charge in [-0.15, -0.1) is 0 Å². The number of carboxylic acid groups (broad SMARTS) is 1. The topological polar surface area (TPSA) is 65.0 Å². The van der Waals surface area contributed by atoms with Crippen molar-refractivity contribution in [1.29, 1.82) is 0 Å². The molecule has 5 heteroatoms. The lowest BCUT2D eigenvalue weighted by Gasteiger charge is -2.18. The van der Waals surface area contributed by atoms with Gasteiger partial charge in [0, 0.05) is 20.3 Å². The number of methoxy groups -OCH3 is 1. The van der Waals surface area contributed by atoms with Crippen LogP contribution in [0.25, 0.3) is 0 Å². The number of ether oxygens (including phenoxy) is 3. The summed E-state index contributed by atoms with van der Waals surface area (Å²) < 4.78 is 15.4. The van der Waals surface area contributed by atoms with Crippen molar-refractivity contribution in [3.63, 3.8) is 0 Å². The second-order valence-electron chi connectivity index (χ2n) is 4.20. The summed E-state index contributed by atoms with van der Waals surface area (Å²) in [5, 5.41) is 8.82. The fraction of sp³-hybridized carbons (Fsp3) is 0.909. The van der Waals surface area contributed by atoms with Gasteiger partial charge in [0.05, 0.1) is 25.2 Å². The minimum absolute atomic E-state index is 0.198. The summed E-state index contributed by atoms with van der Waals surface area (Å²) >= 11 is 0. The minimum atomic E-state index is -0.853. The molecule has 0 aliphatic carbocycles. The first kappa shape index (κ1) is 15.3. The van der Waals surface area contributed by atoms with Crippen LogP contribution in [-0.4, -0.2) is 51.2 Å². The largest absolute Gasteiger partial charge is 0.481 e. The number of rotatable bonds is 10. The first-order chi connectivity index (χ1) is 7.50. The van der Waals surface area contributed by atoms with E-state index in [2.05, 4.69) is 0 Å². The minimum Gasteiger partial charge on any atom is -0.481 e. The molecule has 0 unspecified atom stereocenters. The maximum Gasteiger partial charge on any atom is 0.311 e. The predicted octanol–water partition coefficient (Wildman–Crippen LogP) is 1.17. The van der Waals surface area contributed by atoms with E-state index in [0.717, 1.165) is 6.42 Å². The van der Waals surface area contributed by atoms with Gasteiger partial charge in [-0.2, -0.15) is 0 Å². The second kappa shape index (κ2) is 8.50. The lowest BCUT2D eigenvalue weighted by Crippen LogP contribution is -2.29. The highest BCUT2D eigenvalue weighted by Crippen LogP contribution is 2.14. The van der Waals surface area contributed by atoms with Gasteiger partial charge in [-0.3, -0.25) is 4.79 Å². The second-order valence-corrected chi connectivity index (χ2v) is 4.20. The normalized spacial score (nSPS) is 11.7. The van der Waals surface area contributed by atoms with Crippen LogP contribution < -0.4 is 0 Å². The van der Waals surface area contributed by atoms with Gasteiger partial charge in [0.1, 0.15) is 0 Å². The van der Waals surface area contributed by atoms with Crippen molar-refractivity contribution in [3.8, 4) is 0 Å². The Morgan fingerprint density at radius 3 is 2.31 bits per heavy atom. The van der Waals surface area contributed by atoms with Crippen LogP contribution in [0, 0.1) is 5.41 Å². The third-order valence-electron chi connectivity index (χ3n) is 2.05. The van der Waals surface area contributed by atoms with Gasteiger partial charge in [-0.05, 0) is 20.3 Å². The van der Waals surface area contributed by atoms with Crippen LogP contribution >= 0.6 is 0 Å². The van der Waals surface area contributed by atoms with E-state index in [-0.39, 0.29) is 6.61 Å². The van der Waals surface area contributed by atoms with Crippen molar-refractivity contribution in [1.82, 2.24) is 0 Å². The molecule has 0 aromatic heterocycles. The highest BCUT2D eigenvalue weighted by atomic mass is 16.5. The van der Waals surface area contributed by atoms with E-state index in [1.807, 2.05) is 0 Å². The Balaban J connectivity index is 3.30. The van der Waals surface area contributed by atoms with E-state index < -0.39 is 11.4 Å². The molecule has 0 rings (SSSR count). The summed E-state index contributed by atoms with van der Waals surface area (Å²) in [7, 11) is 1.65. The van der Waals surface area contributed by atoms with Crippen molar-refractivity contribution in [2.75, 3.05) is 40.1 Å². The molecule has 96 valence electrons. The van der Waals surface area contributed by atoms with Gasteiger partial charge in [0.15, 0.2) is 0 Å². The van der Waals surface area contributed by atoms with E-state index in [9.17, 15) is 4.79 Å². The monoisotopic (exact) mass is 234 g/mol. The molecule has 0 aromatic carbocycles. The average molecular weight is 234 g/mol. The summed E-state index contributed by atoms with van der Waals surface area (Å²) in [6.07, 6.45) is 0.858. The van der Waals surface area contributed by atoms with E-state index in [1.165, 1.54) is 0 Å².